The standard InChI is InChI=1S/C29H36O6/c1-17-14-21-20(27(21,3)4)12-13-28(16-34-28)26(32)23-24(18(2)15-29(23,33)25(17)31)35-22(30)11-10-19-8-6-5-7-9-19/h5-11,14,18,20-21,23-24,26,32-33H,12-13,15-16H2,1-4H3/b11-10+,17-14+/t18-,20-,21+,23+,24-,26+,28-,29+/m0/s1. The predicted octanol–water partition coefficient (Wildman–Crippen LogP) is 3.71. The second kappa shape index (κ2) is 8.39. The number of carbonyl (C=O) groups is 2. The molecule has 6 heteroatoms. The number of hydrogen-bond donors (Lipinski definition) is 2. The van der Waals surface area contributed by atoms with E-state index in [1.807, 2.05) is 43.3 Å². The maximum atomic E-state index is 13.7. The third kappa shape index (κ3) is 4.09. The Labute approximate surface area is 207 Å². The first-order valence-corrected chi connectivity index (χ1v) is 12.7. The molecule has 1 aromatic carbocycles. The van der Waals surface area contributed by atoms with Crippen molar-refractivity contribution in [3.8, 4) is 0 Å². The van der Waals surface area contributed by atoms with E-state index in [4.69, 9.17) is 9.47 Å². The third-order valence-electron chi connectivity index (χ3n) is 9.16. The summed E-state index contributed by atoms with van der Waals surface area (Å²) in [6.45, 7) is 8.39. The fourth-order valence-corrected chi connectivity index (χ4v) is 6.78. The Morgan fingerprint density at radius 3 is 2.57 bits per heavy atom. The lowest BCUT2D eigenvalue weighted by molar-refractivity contribution is -0.164. The monoisotopic (exact) mass is 480 g/mol. The highest BCUT2D eigenvalue weighted by atomic mass is 16.6. The van der Waals surface area contributed by atoms with Crippen LogP contribution in [-0.2, 0) is 19.1 Å². The average molecular weight is 481 g/mol. The number of rotatable bonds is 3. The lowest BCUT2D eigenvalue weighted by Gasteiger charge is -2.37. The topological polar surface area (TPSA) is 96.4 Å². The molecular weight excluding hydrogens is 444 g/mol. The molecule has 0 bridgehead atoms. The van der Waals surface area contributed by atoms with Gasteiger partial charge >= 0.3 is 5.97 Å². The Hall–Kier alpha value is -2.28. The smallest absolute Gasteiger partial charge is 0.331 e. The highest BCUT2D eigenvalue weighted by Crippen LogP contribution is 2.63. The normalized spacial score (nSPS) is 43.6. The van der Waals surface area contributed by atoms with Crippen LogP contribution in [0.3, 0.4) is 0 Å². The first kappa shape index (κ1) is 24.4. The van der Waals surface area contributed by atoms with Crippen molar-refractivity contribution >= 4 is 17.8 Å². The molecule has 2 saturated carbocycles. The summed E-state index contributed by atoms with van der Waals surface area (Å²) in [6, 6.07) is 9.41. The van der Waals surface area contributed by atoms with Gasteiger partial charge in [0.25, 0.3) is 0 Å². The van der Waals surface area contributed by atoms with Crippen LogP contribution in [0.2, 0.25) is 0 Å². The molecule has 35 heavy (non-hydrogen) atoms. The van der Waals surface area contributed by atoms with Crippen molar-refractivity contribution in [3.63, 3.8) is 0 Å². The van der Waals surface area contributed by atoms with Crippen LogP contribution in [-0.4, -0.2) is 52.0 Å². The van der Waals surface area contributed by atoms with Gasteiger partial charge in [-0.25, -0.2) is 4.79 Å². The lowest BCUT2D eigenvalue weighted by Crippen LogP contribution is -2.55. The van der Waals surface area contributed by atoms with Gasteiger partial charge in [0.2, 0.25) is 0 Å². The number of allylic oxidation sites excluding steroid dienone is 1. The van der Waals surface area contributed by atoms with Crippen molar-refractivity contribution in [1.82, 2.24) is 0 Å². The number of esters is 1. The van der Waals surface area contributed by atoms with Gasteiger partial charge in [0.05, 0.1) is 18.6 Å². The van der Waals surface area contributed by atoms with E-state index in [9.17, 15) is 19.8 Å². The minimum atomic E-state index is -1.83. The first-order valence-electron chi connectivity index (χ1n) is 12.7. The van der Waals surface area contributed by atoms with Gasteiger partial charge < -0.3 is 19.7 Å². The molecule has 188 valence electrons. The summed E-state index contributed by atoms with van der Waals surface area (Å²) < 4.78 is 11.7. The number of hydrogen-bond acceptors (Lipinski definition) is 6. The summed E-state index contributed by atoms with van der Waals surface area (Å²) in [7, 11) is 0. The Kier molecular flexibility index (Phi) is 5.86. The molecule has 0 radical (unpaired) electrons. The lowest BCUT2D eigenvalue weighted by atomic mass is 9.75. The molecule has 1 spiro atoms. The fourth-order valence-electron chi connectivity index (χ4n) is 6.78. The molecule has 0 unspecified atom stereocenters. The van der Waals surface area contributed by atoms with Gasteiger partial charge in [0, 0.05) is 6.08 Å². The number of Topliss-reactive ketones (excluding diaryl/α,β-unsaturated/α-hetero) is 1. The van der Waals surface area contributed by atoms with Crippen LogP contribution in [0.15, 0.2) is 48.1 Å². The molecule has 5 rings (SSSR count). The molecule has 3 aliphatic carbocycles. The van der Waals surface area contributed by atoms with Crippen LogP contribution in [0.4, 0.5) is 0 Å². The van der Waals surface area contributed by atoms with Gasteiger partial charge in [-0.15, -0.1) is 0 Å². The second-order valence-corrected chi connectivity index (χ2v) is 11.7. The Morgan fingerprint density at radius 2 is 1.91 bits per heavy atom. The van der Waals surface area contributed by atoms with E-state index in [1.165, 1.54) is 6.08 Å². The number of carbonyl (C=O) groups excluding carboxylic acids is 2. The number of benzene rings is 1. The van der Waals surface area contributed by atoms with Crippen LogP contribution >= 0.6 is 0 Å². The highest BCUT2D eigenvalue weighted by Gasteiger charge is 2.67. The maximum absolute atomic E-state index is 13.7. The molecule has 0 amide bonds. The van der Waals surface area contributed by atoms with E-state index in [1.54, 1.807) is 13.0 Å². The zero-order chi connectivity index (χ0) is 25.2. The van der Waals surface area contributed by atoms with Gasteiger partial charge in [0.1, 0.15) is 17.3 Å². The Balaban J connectivity index is 1.46. The summed E-state index contributed by atoms with van der Waals surface area (Å²) in [5.74, 6) is -1.56. The van der Waals surface area contributed by atoms with Crippen molar-refractivity contribution in [2.45, 2.75) is 70.4 Å². The molecular formula is C29H36O6. The molecule has 1 aliphatic heterocycles. The van der Waals surface area contributed by atoms with Gasteiger partial charge in [0.15, 0.2) is 5.78 Å². The predicted molar refractivity (Wildman–Crippen MR) is 131 cm³/mol. The van der Waals surface area contributed by atoms with Crippen molar-refractivity contribution in [2.75, 3.05) is 6.61 Å². The summed E-state index contributed by atoms with van der Waals surface area (Å²) in [5, 5.41) is 23.5. The van der Waals surface area contributed by atoms with E-state index in [2.05, 4.69) is 13.8 Å². The molecule has 2 N–H and O–H groups in total. The maximum Gasteiger partial charge on any atom is 0.331 e. The zero-order valence-corrected chi connectivity index (χ0v) is 20.9. The average Bonchev–Trinajstić information content (AvgIpc) is 3.68. The summed E-state index contributed by atoms with van der Waals surface area (Å²) in [4.78, 5) is 26.5. The van der Waals surface area contributed by atoms with Gasteiger partial charge in [-0.3, -0.25) is 4.79 Å². The van der Waals surface area contributed by atoms with E-state index in [0.29, 0.717) is 24.5 Å². The molecule has 1 aromatic rings. The van der Waals surface area contributed by atoms with E-state index < -0.39 is 35.3 Å². The largest absolute Gasteiger partial charge is 0.458 e. The molecule has 6 nitrogen and oxygen atoms in total. The van der Waals surface area contributed by atoms with Crippen LogP contribution in [0.1, 0.15) is 52.5 Å². The number of aliphatic hydroxyl groups is 2. The Morgan fingerprint density at radius 1 is 1.23 bits per heavy atom. The molecule has 8 atom stereocenters. The number of ether oxygens (including phenoxy) is 2. The van der Waals surface area contributed by atoms with Crippen molar-refractivity contribution < 1.29 is 29.3 Å². The SMILES string of the molecule is C/C1=C\[C@@H]2[C@H](CC[C@]3(CO3)[C@H](O)[C@H]3[C@@H](OC(=O)/C=C/c4ccccc4)[C@@H](C)C[C@]3(O)C1=O)C2(C)C. The zero-order valence-electron chi connectivity index (χ0n) is 20.9. The van der Waals surface area contributed by atoms with E-state index in [-0.39, 0.29) is 29.5 Å². The number of aliphatic hydroxyl groups excluding tert-OH is 1. The Bertz CT molecular complexity index is 1070. The van der Waals surface area contributed by atoms with E-state index in [0.717, 1.165) is 12.0 Å². The van der Waals surface area contributed by atoms with Crippen molar-refractivity contribution in [3.05, 3.63) is 53.6 Å². The molecule has 4 aliphatic rings. The van der Waals surface area contributed by atoms with Crippen LogP contribution in [0.25, 0.3) is 6.08 Å². The molecule has 1 heterocycles. The third-order valence-corrected chi connectivity index (χ3v) is 9.16. The summed E-state index contributed by atoms with van der Waals surface area (Å²) >= 11 is 0. The van der Waals surface area contributed by atoms with Crippen molar-refractivity contribution in [1.29, 1.82) is 0 Å². The molecule has 0 aromatic heterocycles. The summed E-state index contributed by atoms with van der Waals surface area (Å²) in [6.07, 6.45) is 4.73. The van der Waals surface area contributed by atoms with Gasteiger partial charge in [-0.2, -0.15) is 0 Å². The fraction of sp³-hybridized carbons (Fsp3) is 0.586. The quantitative estimate of drug-likeness (QED) is 0.389. The number of fused-ring (bicyclic) bond motifs is 2. The van der Waals surface area contributed by atoms with Crippen molar-refractivity contribution in [2.24, 2.45) is 29.1 Å². The van der Waals surface area contributed by atoms with Gasteiger partial charge in [-0.1, -0.05) is 57.2 Å². The first-order chi connectivity index (χ1) is 16.5. The summed E-state index contributed by atoms with van der Waals surface area (Å²) in [5.41, 5.74) is -1.18. The molecule has 3 fully saturated rings. The van der Waals surface area contributed by atoms with Gasteiger partial charge in [-0.05, 0) is 66.6 Å². The van der Waals surface area contributed by atoms with E-state index >= 15 is 0 Å². The minimum absolute atomic E-state index is 0.0793. The number of ketones is 1. The molecule has 1 saturated heterocycles. The number of epoxide rings is 1. The van der Waals surface area contributed by atoms with Crippen LogP contribution < -0.4 is 0 Å². The van der Waals surface area contributed by atoms with Crippen LogP contribution in [0, 0.1) is 29.1 Å². The second-order valence-electron chi connectivity index (χ2n) is 11.7. The van der Waals surface area contributed by atoms with Crippen LogP contribution in [0.5, 0.6) is 0 Å². The minimum Gasteiger partial charge on any atom is -0.458 e. The highest BCUT2D eigenvalue weighted by molar-refractivity contribution is 6.02.